The average molecular weight is 301 g/mol. The zero-order chi connectivity index (χ0) is 15.5. The first-order valence-corrected chi connectivity index (χ1v) is 7.98. The van der Waals surface area contributed by atoms with Crippen LogP contribution in [0.4, 0.5) is 0 Å². The number of likely N-dealkylation sites (tertiary alicyclic amines) is 1. The third-order valence-electron chi connectivity index (χ3n) is 4.48. The van der Waals surface area contributed by atoms with E-state index in [0.717, 1.165) is 30.9 Å². The lowest BCUT2D eigenvalue weighted by atomic mass is 9.94. The molecule has 1 unspecified atom stereocenters. The van der Waals surface area contributed by atoms with Crippen LogP contribution in [-0.4, -0.2) is 47.0 Å². The number of esters is 1. The number of rotatable bonds is 4. The monoisotopic (exact) mass is 301 g/mol. The van der Waals surface area contributed by atoms with Crippen LogP contribution in [0.15, 0.2) is 24.5 Å². The second-order valence-corrected chi connectivity index (χ2v) is 6.01. The Bertz CT molecular complexity index is 665. The third-order valence-corrected chi connectivity index (χ3v) is 4.48. The van der Waals surface area contributed by atoms with E-state index in [-0.39, 0.29) is 5.97 Å². The summed E-state index contributed by atoms with van der Waals surface area (Å²) in [5.41, 5.74) is 2.45. The van der Waals surface area contributed by atoms with E-state index in [1.807, 2.05) is 10.6 Å². The minimum absolute atomic E-state index is 0.321. The van der Waals surface area contributed by atoms with Gasteiger partial charge in [-0.05, 0) is 50.4 Å². The van der Waals surface area contributed by atoms with Crippen molar-refractivity contribution in [2.24, 2.45) is 5.92 Å². The summed E-state index contributed by atoms with van der Waals surface area (Å²) in [4.78, 5) is 18.8. The van der Waals surface area contributed by atoms with E-state index in [0.29, 0.717) is 11.5 Å². The zero-order valence-corrected chi connectivity index (χ0v) is 13.3. The highest BCUT2D eigenvalue weighted by atomic mass is 16.5. The molecule has 118 valence electrons. The Labute approximate surface area is 130 Å². The Morgan fingerprint density at radius 1 is 1.50 bits per heavy atom. The molecule has 2 aromatic rings. The van der Waals surface area contributed by atoms with E-state index < -0.39 is 0 Å². The SMILES string of the molecule is CCN1CCCC(Cc2cn3ccc(C(=O)OC)cc3n2)C1. The van der Waals surface area contributed by atoms with Crippen LogP contribution >= 0.6 is 0 Å². The maximum atomic E-state index is 11.6. The molecule has 1 saturated heterocycles. The molecule has 0 N–H and O–H groups in total. The lowest BCUT2D eigenvalue weighted by molar-refractivity contribution is 0.0600. The first-order chi connectivity index (χ1) is 10.7. The number of carbonyl (C=O) groups excluding carboxylic acids is 1. The highest BCUT2D eigenvalue weighted by Crippen LogP contribution is 2.21. The molecule has 0 spiro atoms. The topological polar surface area (TPSA) is 46.8 Å². The summed E-state index contributed by atoms with van der Waals surface area (Å²) >= 11 is 0. The number of piperidine rings is 1. The number of aromatic nitrogens is 2. The van der Waals surface area contributed by atoms with Gasteiger partial charge in [0.05, 0.1) is 18.4 Å². The number of imidazole rings is 1. The molecule has 22 heavy (non-hydrogen) atoms. The molecule has 0 aromatic carbocycles. The molecule has 1 fully saturated rings. The average Bonchev–Trinajstić information content (AvgIpc) is 2.95. The number of pyridine rings is 1. The smallest absolute Gasteiger partial charge is 0.338 e. The molecule has 3 rings (SSSR count). The first-order valence-electron chi connectivity index (χ1n) is 7.98. The van der Waals surface area contributed by atoms with E-state index in [1.54, 1.807) is 12.1 Å². The van der Waals surface area contributed by atoms with Gasteiger partial charge in [-0.1, -0.05) is 6.92 Å². The molecule has 1 aliphatic heterocycles. The fourth-order valence-electron chi connectivity index (χ4n) is 3.28. The number of methoxy groups -OCH3 is 1. The van der Waals surface area contributed by atoms with E-state index >= 15 is 0 Å². The van der Waals surface area contributed by atoms with Crippen molar-refractivity contribution in [1.29, 1.82) is 0 Å². The standard InChI is InChI=1S/C17H23N3O2/c1-3-19-7-4-5-13(11-19)9-15-12-20-8-6-14(17(21)22-2)10-16(20)18-15/h6,8,10,12-13H,3-5,7,9,11H2,1-2H3. The van der Waals surface area contributed by atoms with Crippen LogP contribution in [0.5, 0.6) is 0 Å². The van der Waals surface area contributed by atoms with Crippen LogP contribution in [-0.2, 0) is 11.2 Å². The Morgan fingerprint density at radius 2 is 2.36 bits per heavy atom. The van der Waals surface area contributed by atoms with Crippen LogP contribution in [0.3, 0.4) is 0 Å². The van der Waals surface area contributed by atoms with Gasteiger partial charge in [-0.2, -0.15) is 0 Å². The van der Waals surface area contributed by atoms with Crippen LogP contribution in [0.1, 0.15) is 35.8 Å². The van der Waals surface area contributed by atoms with Gasteiger partial charge in [-0.25, -0.2) is 9.78 Å². The maximum absolute atomic E-state index is 11.6. The van der Waals surface area contributed by atoms with Gasteiger partial charge in [-0.3, -0.25) is 0 Å². The molecule has 0 aliphatic carbocycles. The Kier molecular flexibility index (Phi) is 4.43. The van der Waals surface area contributed by atoms with Crippen molar-refractivity contribution >= 4 is 11.6 Å². The fourth-order valence-corrected chi connectivity index (χ4v) is 3.28. The molecule has 5 heteroatoms. The van der Waals surface area contributed by atoms with Crippen LogP contribution in [0, 0.1) is 5.92 Å². The Morgan fingerprint density at radius 3 is 3.14 bits per heavy atom. The van der Waals surface area contributed by atoms with E-state index in [1.165, 1.54) is 26.5 Å². The largest absolute Gasteiger partial charge is 0.465 e. The van der Waals surface area contributed by atoms with Crippen molar-refractivity contribution in [3.8, 4) is 0 Å². The maximum Gasteiger partial charge on any atom is 0.338 e. The quantitative estimate of drug-likeness (QED) is 0.814. The number of hydrogen-bond acceptors (Lipinski definition) is 4. The van der Waals surface area contributed by atoms with E-state index in [9.17, 15) is 4.79 Å². The fraction of sp³-hybridized carbons (Fsp3) is 0.529. The Hall–Kier alpha value is -1.88. The third kappa shape index (κ3) is 3.14. The van der Waals surface area contributed by atoms with E-state index in [2.05, 4.69) is 23.0 Å². The number of nitrogens with zero attached hydrogens (tertiary/aromatic N) is 3. The molecule has 2 aromatic heterocycles. The van der Waals surface area contributed by atoms with Crippen LogP contribution in [0.2, 0.25) is 0 Å². The van der Waals surface area contributed by atoms with Gasteiger partial charge < -0.3 is 14.0 Å². The highest BCUT2D eigenvalue weighted by Gasteiger charge is 2.20. The zero-order valence-electron chi connectivity index (χ0n) is 13.3. The summed E-state index contributed by atoms with van der Waals surface area (Å²) in [6, 6.07) is 3.55. The first kappa shape index (κ1) is 15.0. The summed E-state index contributed by atoms with van der Waals surface area (Å²) < 4.78 is 6.73. The predicted octanol–water partition coefficient (Wildman–Crippen LogP) is 2.40. The summed E-state index contributed by atoms with van der Waals surface area (Å²) in [6.45, 7) is 5.74. The van der Waals surface area contributed by atoms with Crippen LogP contribution in [0.25, 0.3) is 5.65 Å². The molecule has 0 bridgehead atoms. The molecule has 3 heterocycles. The van der Waals surface area contributed by atoms with Gasteiger partial charge in [0.2, 0.25) is 0 Å². The Balaban J connectivity index is 1.75. The number of carbonyl (C=O) groups is 1. The molecular formula is C17H23N3O2. The predicted molar refractivity (Wildman–Crippen MR) is 85.1 cm³/mol. The lowest BCUT2D eigenvalue weighted by Crippen LogP contribution is -2.35. The molecule has 0 amide bonds. The second-order valence-electron chi connectivity index (χ2n) is 6.01. The summed E-state index contributed by atoms with van der Waals surface area (Å²) in [7, 11) is 1.39. The van der Waals surface area contributed by atoms with Gasteiger partial charge in [0, 0.05) is 18.9 Å². The van der Waals surface area contributed by atoms with Crippen LogP contribution < -0.4 is 0 Å². The molecule has 0 radical (unpaired) electrons. The highest BCUT2D eigenvalue weighted by molar-refractivity contribution is 5.90. The van der Waals surface area contributed by atoms with Crippen molar-refractivity contribution in [2.75, 3.05) is 26.7 Å². The lowest BCUT2D eigenvalue weighted by Gasteiger charge is -2.31. The summed E-state index contributed by atoms with van der Waals surface area (Å²) in [5.74, 6) is 0.358. The summed E-state index contributed by atoms with van der Waals surface area (Å²) in [5, 5.41) is 0. The van der Waals surface area contributed by atoms with Gasteiger partial charge >= 0.3 is 5.97 Å². The van der Waals surface area contributed by atoms with Gasteiger partial charge in [0.15, 0.2) is 0 Å². The number of ether oxygens (including phenoxy) is 1. The molecule has 0 saturated carbocycles. The van der Waals surface area contributed by atoms with Crippen molar-refractivity contribution in [3.63, 3.8) is 0 Å². The second kappa shape index (κ2) is 6.48. The minimum atomic E-state index is -0.321. The molecule has 1 atom stereocenters. The summed E-state index contributed by atoms with van der Waals surface area (Å²) in [6.07, 6.45) is 7.50. The molecule has 1 aliphatic rings. The van der Waals surface area contributed by atoms with Crippen molar-refractivity contribution < 1.29 is 9.53 Å². The minimum Gasteiger partial charge on any atom is -0.465 e. The van der Waals surface area contributed by atoms with Gasteiger partial charge in [-0.15, -0.1) is 0 Å². The number of hydrogen-bond donors (Lipinski definition) is 0. The van der Waals surface area contributed by atoms with Gasteiger partial charge in [0.1, 0.15) is 5.65 Å². The van der Waals surface area contributed by atoms with Gasteiger partial charge in [0.25, 0.3) is 0 Å². The van der Waals surface area contributed by atoms with Crippen molar-refractivity contribution in [1.82, 2.24) is 14.3 Å². The molecule has 5 nitrogen and oxygen atoms in total. The van der Waals surface area contributed by atoms with E-state index in [4.69, 9.17) is 4.74 Å². The normalized spacial score (nSPS) is 19.5. The number of fused-ring (bicyclic) bond motifs is 1. The van der Waals surface area contributed by atoms with Crippen molar-refractivity contribution in [2.45, 2.75) is 26.2 Å². The molecular weight excluding hydrogens is 278 g/mol. The van der Waals surface area contributed by atoms with Crippen molar-refractivity contribution in [3.05, 3.63) is 35.8 Å².